The molecular weight excluding hydrogens is 548 g/mol. The van der Waals surface area contributed by atoms with E-state index in [1.807, 2.05) is 65.8 Å². The number of aliphatic carboxylic acids is 2. The van der Waals surface area contributed by atoms with E-state index < -0.39 is 11.9 Å². The number of carboxylic acid groups (broad SMARTS) is 2. The topological polar surface area (TPSA) is 165 Å². The molecule has 2 aromatic rings. The van der Waals surface area contributed by atoms with Gasteiger partial charge >= 0.3 is 11.9 Å². The molecule has 0 saturated carbocycles. The molecule has 0 aromatic carbocycles. The van der Waals surface area contributed by atoms with Crippen LogP contribution in [-0.2, 0) is 32.0 Å². The Bertz CT molecular complexity index is 1780. The summed E-state index contributed by atoms with van der Waals surface area (Å²) < 4.78 is 0. The van der Waals surface area contributed by atoms with E-state index in [1.54, 1.807) is 0 Å². The molecule has 1 unspecified atom stereocenters. The van der Waals surface area contributed by atoms with Crippen molar-refractivity contribution in [1.82, 2.24) is 15.3 Å². The Morgan fingerprint density at radius 1 is 0.884 bits per heavy atom. The molecule has 2 aliphatic heterocycles. The van der Waals surface area contributed by atoms with Crippen LogP contribution in [0.25, 0.3) is 18.2 Å². The maximum absolute atomic E-state index is 12.3. The summed E-state index contributed by atoms with van der Waals surface area (Å²) in [6.45, 7) is 11.3. The maximum Gasteiger partial charge on any atom is 0.303 e. The van der Waals surface area contributed by atoms with Gasteiger partial charge in [0.25, 0.3) is 5.91 Å². The molecule has 43 heavy (non-hydrogen) atoms. The predicted octanol–water partition coefficient (Wildman–Crippen LogP) is 3.36. The Balaban J connectivity index is 1.91. The molecule has 2 aromatic heterocycles. The zero-order chi connectivity index (χ0) is 31.6. The lowest BCUT2D eigenvalue weighted by atomic mass is 10.00. The van der Waals surface area contributed by atoms with Crippen molar-refractivity contribution in [1.29, 1.82) is 0 Å². The number of carbonyl (C=O) groups excluding carboxylic acids is 2. The first kappa shape index (κ1) is 31.2. The van der Waals surface area contributed by atoms with Crippen LogP contribution in [0.3, 0.4) is 0 Å². The summed E-state index contributed by atoms with van der Waals surface area (Å²) in [5, 5.41) is 23.2. The van der Waals surface area contributed by atoms with Gasteiger partial charge in [0.15, 0.2) is 0 Å². The Morgan fingerprint density at radius 2 is 1.53 bits per heavy atom. The number of hydrogen-bond acceptors (Lipinski definition) is 4. The number of amides is 2. The van der Waals surface area contributed by atoms with E-state index in [2.05, 4.69) is 20.3 Å². The predicted molar refractivity (Wildman–Crippen MR) is 165 cm³/mol. The molecule has 2 amide bonds. The molecule has 10 heteroatoms. The maximum atomic E-state index is 12.3. The third-order valence-electron chi connectivity index (χ3n) is 8.35. The van der Waals surface area contributed by atoms with E-state index in [0.717, 1.165) is 39.1 Å². The van der Waals surface area contributed by atoms with Gasteiger partial charge in [0, 0.05) is 46.2 Å². The van der Waals surface area contributed by atoms with E-state index in [0.29, 0.717) is 39.8 Å². The molecule has 5 N–H and O–H groups in total. The molecule has 10 nitrogen and oxygen atoms in total. The first-order chi connectivity index (χ1) is 20.4. The summed E-state index contributed by atoms with van der Waals surface area (Å²) in [4.78, 5) is 58.8. The van der Waals surface area contributed by atoms with Crippen molar-refractivity contribution >= 4 is 47.7 Å². The number of H-pyrrole nitrogens is 2. The summed E-state index contributed by atoms with van der Waals surface area (Å²) in [5.41, 5.74) is 8.40. The van der Waals surface area contributed by atoms with Crippen molar-refractivity contribution in [2.24, 2.45) is 10.9 Å². The number of nitrogens with zero attached hydrogens (tertiary/aromatic N) is 1. The van der Waals surface area contributed by atoms with Gasteiger partial charge in [0.05, 0.1) is 11.6 Å². The van der Waals surface area contributed by atoms with Crippen LogP contribution in [0, 0.1) is 19.8 Å². The third-order valence-corrected chi connectivity index (χ3v) is 8.35. The van der Waals surface area contributed by atoms with Crippen LogP contribution < -0.4 is 16.0 Å². The minimum atomic E-state index is -0.923. The van der Waals surface area contributed by atoms with Crippen LogP contribution in [0.1, 0.15) is 80.6 Å². The van der Waals surface area contributed by atoms with Gasteiger partial charge in [-0.25, -0.2) is 4.99 Å². The van der Waals surface area contributed by atoms with Gasteiger partial charge in [0.2, 0.25) is 5.91 Å². The molecule has 4 heterocycles. The highest BCUT2D eigenvalue weighted by Crippen LogP contribution is 2.29. The Hall–Kier alpha value is -4.73. The summed E-state index contributed by atoms with van der Waals surface area (Å²) in [6, 6.07) is 0. The van der Waals surface area contributed by atoms with Gasteiger partial charge < -0.3 is 25.5 Å². The quantitative estimate of drug-likeness (QED) is 0.286. The van der Waals surface area contributed by atoms with Gasteiger partial charge in [-0.3, -0.25) is 19.2 Å². The van der Waals surface area contributed by atoms with Crippen molar-refractivity contribution in [2.75, 3.05) is 0 Å². The summed E-state index contributed by atoms with van der Waals surface area (Å²) in [5.74, 6) is -2.44. The van der Waals surface area contributed by atoms with Crippen LogP contribution >= 0.6 is 0 Å². The summed E-state index contributed by atoms with van der Waals surface area (Å²) in [6.07, 6.45) is 8.45. The Labute approximate surface area is 249 Å². The van der Waals surface area contributed by atoms with E-state index in [9.17, 15) is 29.4 Å². The van der Waals surface area contributed by atoms with Crippen LogP contribution in [-0.4, -0.2) is 49.6 Å². The molecule has 226 valence electrons. The van der Waals surface area contributed by atoms with Crippen LogP contribution in [0.15, 0.2) is 33.5 Å². The van der Waals surface area contributed by atoms with Gasteiger partial charge in [-0.2, -0.15) is 0 Å². The zero-order valence-corrected chi connectivity index (χ0v) is 25.4. The minimum Gasteiger partial charge on any atom is -0.481 e. The van der Waals surface area contributed by atoms with Crippen molar-refractivity contribution in [3.8, 4) is 0 Å². The lowest BCUT2D eigenvalue weighted by Gasteiger charge is -2.03. The molecule has 0 aliphatic carbocycles. The first-order valence-corrected chi connectivity index (χ1v) is 14.4. The number of aromatic amines is 2. The van der Waals surface area contributed by atoms with Crippen molar-refractivity contribution in [3.63, 3.8) is 0 Å². The second-order valence-corrected chi connectivity index (χ2v) is 11.0. The van der Waals surface area contributed by atoms with E-state index in [-0.39, 0.29) is 43.4 Å². The number of rotatable bonds is 10. The van der Waals surface area contributed by atoms with Gasteiger partial charge in [0.1, 0.15) is 0 Å². The van der Waals surface area contributed by atoms with Gasteiger partial charge in [-0.15, -0.1) is 0 Å². The van der Waals surface area contributed by atoms with Crippen LogP contribution in [0.4, 0.5) is 0 Å². The SMILES string of the molecule is C/C=C1/C(=C/c2[nH]c(C=c3[nH]c(=CC4=NC(=O)C(CC)=C4C)c(C)c3CCC(=O)O)c(CCC(=O)O)c2C)NC(=O)C1C. The third kappa shape index (κ3) is 6.38. The molecule has 1 atom stereocenters. The minimum absolute atomic E-state index is 0.0721. The first-order valence-electron chi connectivity index (χ1n) is 14.4. The van der Waals surface area contributed by atoms with E-state index in [4.69, 9.17) is 0 Å². The van der Waals surface area contributed by atoms with E-state index >= 15 is 0 Å². The molecule has 0 bridgehead atoms. The summed E-state index contributed by atoms with van der Waals surface area (Å²) in [7, 11) is 0. The molecule has 1 saturated heterocycles. The normalized spacial score (nSPS) is 19.8. The van der Waals surface area contributed by atoms with Crippen molar-refractivity contribution in [3.05, 3.63) is 72.8 Å². The largest absolute Gasteiger partial charge is 0.481 e. The highest BCUT2D eigenvalue weighted by molar-refractivity contribution is 6.30. The average molecular weight is 587 g/mol. The fourth-order valence-electron chi connectivity index (χ4n) is 5.77. The lowest BCUT2D eigenvalue weighted by molar-refractivity contribution is -0.138. The summed E-state index contributed by atoms with van der Waals surface area (Å²) >= 11 is 0. The van der Waals surface area contributed by atoms with E-state index in [1.165, 1.54) is 0 Å². The number of allylic oxidation sites excluding steroid dienone is 3. The lowest BCUT2D eigenvalue weighted by Crippen LogP contribution is -2.16. The number of carbonyl (C=O) groups is 4. The van der Waals surface area contributed by atoms with Gasteiger partial charge in [-0.05, 0) is 106 Å². The van der Waals surface area contributed by atoms with Crippen molar-refractivity contribution < 1.29 is 29.4 Å². The smallest absolute Gasteiger partial charge is 0.303 e. The average Bonchev–Trinajstić information content (AvgIpc) is 3.59. The molecular formula is C33H38N4O6. The standard InChI is InChI=1S/C33H38N4O6/c1-7-20-19(6)32(42)37-27(20)14-25-18(5)23(10-12-31(40)41)29(35-25)15-28-22(9-11-30(38)39)17(4)24(34-28)13-26-16(3)21(8-2)33(43)36-26/h7,13-15,19,34-35H,8-12H2,1-6H3,(H,37,42)(H,38,39)(H,40,41)/b20-7+,24-13?,27-14-,28-15?. The van der Waals surface area contributed by atoms with Gasteiger partial charge in [-0.1, -0.05) is 13.0 Å². The molecule has 0 spiro atoms. The number of aromatic nitrogens is 2. The van der Waals surface area contributed by atoms with Crippen LogP contribution in [0.2, 0.25) is 0 Å². The fourth-order valence-corrected chi connectivity index (χ4v) is 5.77. The van der Waals surface area contributed by atoms with Crippen molar-refractivity contribution in [2.45, 2.75) is 73.6 Å². The second-order valence-electron chi connectivity index (χ2n) is 11.0. The monoisotopic (exact) mass is 586 g/mol. The fraction of sp³-hybridized carbons (Fsp3) is 0.364. The molecule has 2 aliphatic rings. The number of nitrogens with one attached hydrogen (secondary N) is 3. The zero-order valence-electron chi connectivity index (χ0n) is 25.4. The highest BCUT2D eigenvalue weighted by atomic mass is 16.4. The highest BCUT2D eigenvalue weighted by Gasteiger charge is 2.29. The number of hydrogen-bond donors (Lipinski definition) is 5. The molecule has 4 rings (SSSR count). The Morgan fingerprint density at radius 3 is 2.12 bits per heavy atom. The van der Waals surface area contributed by atoms with Crippen LogP contribution in [0.5, 0.6) is 0 Å². The molecule has 0 radical (unpaired) electrons. The molecule has 1 fully saturated rings. The number of aliphatic imine (C=N–C) groups is 1. The second kappa shape index (κ2) is 12.6. The number of carboxylic acids is 2. The Kier molecular flexibility index (Phi) is 9.18.